The van der Waals surface area contributed by atoms with Gasteiger partial charge in [-0.15, -0.1) is 5.57 Å². The van der Waals surface area contributed by atoms with Gasteiger partial charge in [-0.2, -0.15) is 0 Å². The minimum absolute atomic E-state index is 0. The van der Waals surface area contributed by atoms with Crippen molar-refractivity contribution in [1.29, 1.82) is 0 Å². The Morgan fingerprint density at radius 2 is 1.11 bits per heavy atom. The van der Waals surface area contributed by atoms with Crippen molar-refractivity contribution in [2.75, 3.05) is 0 Å². The summed E-state index contributed by atoms with van der Waals surface area (Å²) in [5.74, 6) is -0.238. The maximum atomic E-state index is 10.5. The van der Waals surface area contributed by atoms with Crippen molar-refractivity contribution >= 4 is 29.8 Å². The standard InChI is InChI=1S/C18H15P.C6H7O2.Au/c1-4-10-16(11-5-1)19(17-12-6-2-7-13-17)18-14-8-3-9-15-18;1-4-3-5(2)8-6(4)7;/h1-15H;5H,1-2H3;/q;-1;+1/p+1. The van der Waals surface area contributed by atoms with E-state index in [0.29, 0.717) is 5.57 Å². The summed E-state index contributed by atoms with van der Waals surface area (Å²) in [6.45, 7) is 3.49. The van der Waals surface area contributed by atoms with E-state index in [4.69, 9.17) is 0 Å². The van der Waals surface area contributed by atoms with Crippen LogP contribution in [0.3, 0.4) is 0 Å². The first kappa shape index (κ1) is 22.3. The fraction of sp³-hybridized carbons (Fsp3) is 0.125. The van der Waals surface area contributed by atoms with Gasteiger partial charge < -0.3 is 9.53 Å². The fourth-order valence-corrected chi connectivity index (χ4v) is 5.53. The second-order valence-corrected chi connectivity index (χ2v) is 8.77. The van der Waals surface area contributed by atoms with Gasteiger partial charge in [0, 0.05) is 6.10 Å². The van der Waals surface area contributed by atoms with E-state index in [0.717, 1.165) is 0 Å². The van der Waals surface area contributed by atoms with E-state index in [1.165, 1.54) is 15.9 Å². The molecule has 3 aromatic carbocycles. The Balaban J connectivity index is 0.000000264. The zero-order valence-corrected chi connectivity index (χ0v) is 19.0. The molecule has 1 atom stereocenters. The van der Waals surface area contributed by atoms with E-state index in [1.807, 2.05) is 0 Å². The van der Waals surface area contributed by atoms with Gasteiger partial charge in [-0.25, -0.2) is 6.08 Å². The number of cyclic esters (lactones) is 1. The molecule has 1 aliphatic rings. The molecule has 0 saturated carbocycles. The third-order valence-corrected chi connectivity index (χ3v) is 6.93. The van der Waals surface area contributed by atoms with Crippen LogP contribution < -0.4 is 15.9 Å². The molecule has 2 nitrogen and oxygen atoms in total. The summed E-state index contributed by atoms with van der Waals surface area (Å²) < 4.78 is 4.69. The molecule has 0 spiro atoms. The molecule has 0 fully saturated rings. The van der Waals surface area contributed by atoms with Gasteiger partial charge in [-0.3, -0.25) is 0 Å². The smallest absolute Gasteiger partial charge is 0.558 e. The van der Waals surface area contributed by atoms with Crippen molar-refractivity contribution in [2.24, 2.45) is 0 Å². The monoisotopic (exact) mass is 571 g/mol. The molecular weight excluding hydrogens is 548 g/mol. The van der Waals surface area contributed by atoms with Crippen molar-refractivity contribution in [3.05, 3.63) is 103 Å². The fourth-order valence-electron chi connectivity index (χ4n) is 2.96. The first-order valence-corrected chi connectivity index (χ1v) is 10.5. The van der Waals surface area contributed by atoms with Gasteiger partial charge in [-0.05, 0) is 43.3 Å². The zero-order valence-electron chi connectivity index (χ0n) is 15.9. The molecule has 1 unspecified atom stereocenters. The first-order valence-electron chi connectivity index (χ1n) is 8.99. The van der Waals surface area contributed by atoms with E-state index >= 15 is 0 Å². The molecule has 0 bridgehead atoms. The first-order chi connectivity index (χ1) is 13.1. The predicted octanol–water partition coefficient (Wildman–Crippen LogP) is 3.86. The van der Waals surface area contributed by atoms with Gasteiger partial charge in [0.25, 0.3) is 0 Å². The van der Waals surface area contributed by atoms with E-state index in [-0.39, 0.29) is 34.5 Å². The van der Waals surface area contributed by atoms with Gasteiger partial charge in [0.2, 0.25) is 0 Å². The number of ether oxygens (including phenoxy) is 1. The molecule has 146 valence electrons. The molecule has 0 radical (unpaired) electrons. The van der Waals surface area contributed by atoms with Crippen LogP contribution in [-0.2, 0) is 31.9 Å². The average Bonchev–Trinajstić information content (AvgIpc) is 3.00. The maximum absolute atomic E-state index is 10.5. The van der Waals surface area contributed by atoms with Crippen LogP contribution in [0.5, 0.6) is 0 Å². The molecule has 1 aliphatic heterocycles. The Labute approximate surface area is 183 Å². The number of rotatable bonds is 3. The molecule has 4 rings (SSSR count). The molecule has 0 aliphatic carbocycles. The Bertz CT molecular complexity index is 802. The third-order valence-electron chi connectivity index (χ3n) is 4.20. The molecular formula is C24H23AuO2P+. The average molecular weight is 571 g/mol. The van der Waals surface area contributed by atoms with Gasteiger partial charge in [-0.1, -0.05) is 61.5 Å². The third kappa shape index (κ3) is 6.02. The van der Waals surface area contributed by atoms with Gasteiger partial charge >= 0.3 is 22.4 Å². The van der Waals surface area contributed by atoms with Crippen molar-refractivity contribution in [3.8, 4) is 0 Å². The van der Waals surface area contributed by atoms with Gasteiger partial charge in [0.15, 0.2) is 5.97 Å². The Morgan fingerprint density at radius 3 is 1.32 bits per heavy atom. The summed E-state index contributed by atoms with van der Waals surface area (Å²) in [7, 11) is -0.877. The Kier molecular flexibility index (Phi) is 8.89. The van der Waals surface area contributed by atoms with Crippen molar-refractivity contribution in [2.45, 2.75) is 20.0 Å². The van der Waals surface area contributed by atoms with Crippen molar-refractivity contribution in [1.82, 2.24) is 0 Å². The normalized spacial score (nSPS) is 15.0. The zero-order chi connectivity index (χ0) is 19.1. The van der Waals surface area contributed by atoms with Gasteiger partial charge in [0.1, 0.15) is 15.9 Å². The van der Waals surface area contributed by atoms with E-state index < -0.39 is 7.92 Å². The minimum Gasteiger partial charge on any atom is -0.558 e. The van der Waals surface area contributed by atoms with Crippen LogP contribution in [0.4, 0.5) is 0 Å². The van der Waals surface area contributed by atoms with Crippen LogP contribution >= 0.6 is 7.92 Å². The SMILES string of the molecule is CC1=[C-]C(C)OC1=O.[Au+].c1ccc([PH+](c2ccccc2)c2ccccc2)cc1. The summed E-state index contributed by atoms with van der Waals surface area (Å²) in [6.07, 6.45) is 2.67. The summed E-state index contributed by atoms with van der Waals surface area (Å²) in [5, 5.41) is 4.31. The molecule has 0 amide bonds. The van der Waals surface area contributed by atoms with Crippen LogP contribution in [0.25, 0.3) is 0 Å². The van der Waals surface area contributed by atoms with Crippen LogP contribution in [-0.4, -0.2) is 12.1 Å². The topological polar surface area (TPSA) is 26.3 Å². The largest absolute Gasteiger partial charge is 1.00 e. The van der Waals surface area contributed by atoms with E-state index in [2.05, 4.69) is 102 Å². The number of carbonyl (C=O) groups excluding carboxylic acids is 1. The number of esters is 1. The molecule has 0 saturated heterocycles. The minimum atomic E-state index is -0.877. The number of benzene rings is 3. The summed E-state index contributed by atoms with van der Waals surface area (Å²) in [6, 6.07) is 32.5. The van der Waals surface area contributed by atoms with Crippen LogP contribution in [0, 0.1) is 6.08 Å². The summed E-state index contributed by atoms with van der Waals surface area (Å²) >= 11 is 0. The van der Waals surface area contributed by atoms with Crippen LogP contribution in [0.2, 0.25) is 0 Å². The van der Waals surface area contributed by atoms with E-state index in [9.17, 15) is 4.79 Å². The summed E-state index contributed by atoms with van der Waals surface area (Å²) in [5.41, 5.74) is 0.595. The maximum Gasteiger partial charge on any atom is 1.00 e. The Morgan fingerprint density at radius 1 is 0.750 bits per heavy atom. The molecule has 28 heavy (non-hydrogen) atoms. The molecule has 0 N–H and O–H groups in total. The molecule has 4 heteroatoms. The predicted molar refractivity (Wildman–Crippen MR) is 115 cm³/mol. The Hall–Kier alpha value is -1.96. The van der Waals surface area contributed by atoms with Crippen LogP contribution in [0.1, 0.15) is 13.8 Å². The molecule has 0 aromatic heterocycles. The second-order valence-electron chi connectivity index (χ2n) is 6.29. The number of carbonyl (C=O) groups is 1. The number of hydrogen-bond donors (Lipinski definition) is 0. The van der Waals surface area contributed by atoms with Crippen molar-refractivity contribution in [3.63, 3.8) is 0 Å². The van der Waals surface area contributed by atoms with Crippen molar-refractivity contribution < 1.29 is 31.9 Å². The summed E-state index contributed by atoms with van der Waals surface area (Å²) in [4.78, 5) is 10.5. The molecule has 3 aromatic rings. The van der Waals surface area contributed by atoms with Crippen LogP contribution in [0.15, 0.2) is 96.6 Å². The number of hydrogen-bond acceptors (Lipinski definition) is 2. The second kappa shape index (κ2) is 11.1. The van der Waals surface area contributed by atoms with Gasteiger partial charge in [0.05, 0.1) is 7.92 Å². The molecule has 1 heterocycles. The quantitative estimate of drug-likeness (QED) is 0.207. The van der Waals surface area contributed by atoms with E-state index in [1.54, 1.807) is 13.8 Å².